The van der Waals surface area contributed by atoms with E-state index in [4.69, 9.17) is 5.73 Å². The van der Waals surface area contributed by atoms with Gasteiger partial charge in [-0.1, -0.05) is 65.8 Å². The first-order chi connectivity index (χ1) is 10.3. The Bertz CT molecular complexity index is 490. The molecule has 5 N–H and O–H groups in total. The first-order valence-electron chi connectivity index (χ1n) is 8.04. The van der Waals surface area contributed by atoms with Crippen molar-refractivity contribution in [3.8, 4) is 0 Å². The minimum Gasteiger partial charge on any atom is -0.385 e. The van der Waals surface area contributed by atoms with Crippen LogP contribution in [0.2, 0.25) is 0 Å². The van der Waals surface area contributed by atoms with Crippen molar-refractivity contribution in [1.29, 1.82) is 0 Å². The molecule has 1 atom stereocenters. The van der Waals surface area contributed by atoms with Gasteiger partial charge in [0.15, 0.2) is 0 Å². The maximum atomic E-state index is 10.9. The number of nitrogens with two attached hydrogens (primary N) is 2. The van der Waals surface area contributed by atoms with E-state index in [9.17, 15) is 9.90 Å². The fourth-order valence-electron chi connectivity index (χ4n) is 2.43. The number of rotatable bonds is 3. The Morgan fingerprint density at radius 2 is 1.83 bits per heavy atom. The summed E-state index contributed by atoms with van der Waals surface area (Å²) in [6, 6.07) is 0. The van der Waals surface area contributed by atoms with Crippen LogP contribution in [0.4, 0.5) is 0 Å². The van der Waals surface area contributed by atoms with Crippen LogP contribution in [-0.4, -0.2) is 23.2 Å². The molecule has 4 heteroatoms. The number of carbonyl (C=O) groups excluding carboxylic acids is 1. The molecule has 132 valence electrons. The van der Waals surface area contributed by atoms with E-state index in [0.717, 1.165) is 12.5 Å². The van der Waals surface area contributed by atoms with E-state index in [1.165, 1.54) is 11.1 Å². The van der Waals surface area contributed by atoms with Crippen LogP contribution in [0.1, 0.15) is 54.4 Å². The molecule has 4 nitrogen and oxygen atoms in total. The second kappa shape index (κ2) is 7.93. The molecule has 0 aliphatic heterocycles. The molecule has 1 unspecified atom stereocenters. The first-order valence-corrected chi connectivity index (χ1v) is 8.04. The molecule has 0 radical (unpaired) electrons. The van der Waals surface area contributed by atoms with Gasteiger partial charge in [0.25, 0.3) is 0 Å². The highest BCUT2D eigenvalue weighted by Crippen LogP contribution is 2.45. The number of carbonyl (C=O) groups is 1. The number of hydrogen-bond acceptors (Lipinski definition) is 3. The maximum absolute atomic E-state index is 10.9. The number of primary amides is 1. The van der Waals surface area contributed by atoms with Crippen molar-refractivity contribution >= 4 is 5.91 Å². The van der Waals surface area contributed by atoms with Crippen LogP contribution >= 0.6 is 0 Å². The van der Waals surface area contributed by atoms with Gasteiger partial charge >= 0.3 is 0 Å². The molecule has 1 aliphatic rings. The van der Waals surface area contributed by atoms with E-state index in [2.05, 4.69) is 59.9 Å². The topological polar surface area (TPSA) is 89.3 Å². The largest absolute Gasteiger partial charge is 0.385 e. The van der Waals surface area contributed by atoms with Gasteiger partial charge in [-0.2, -0.15) is 0 Å². The van der Waals surface area contributed by atoms with Gasteiger partial charge in [0.1, 0.15) is 0 Å². The molecule has 1 rings (SSSR count). The lowest BCUT2D eigenvalue weighted by Gasteiger charge is -2.44. The van der Waals surface area contributed by atoms with E-state index in [0.29, 0.717) is 13.0 Å². The van der Waals surface area contributed by atoms with Crippen LogP contribution in [-0.2, 0) is 4.79 Å². The molecule has 0 heterocycles. The molecular formula is C19H34N2O2. The molecule has 0 fully saturated rings. The van der Waals surface area contributed by atoms with Crippen LogP contribution in [0.25, 0.3) is 0 Å². The summed E-state index contributed by atoms with van der Waals surface area (Å²) in [6.07, 6.45) is 6.71. The molecule has 0 bridgehead atoms. The predicted octanol–water partition coefficient (Wildman–Crippen LogP) is 3.07. The Morgan fingerprint density at radius 1 is 1.35 bits per heavy atom. The van der Waals surface area contributed by atoms with E-state index in [1.54, 1.807) is 0 Å². The molecule has 0 saturated carbocycles. The van der Waals surface area contributed by atoms with Crippen molar-refractivity contribution in [3.05, 3.63) is 36.0 Å². The Labute approximate surface area is 141 Å². The van der Waals surface area contributed by atoms with Crippen LogP contribution < -0.4 is 11.5 Å². The lowest BCUT2D eigenvalue weighted by molar-refractivity contribution is -0.113. The van der Waals surface area contributed by atoms with Crippen LogP contribution in [0.15, 0.2) is 36.0 Å². The molecule has 0 aromatic rings. The Balaban J connectivity index is 0.000000841. The summed E-state index contributed by atoms with van der Waals surface area (Å²) in [5.74, 6) is -0.481. The Kier molecular flexibility index (Phi) is 7.45. The molecular weight excluding hydrogens is 288 g/mol. The van der Waals surface area contributed by atoms with Gasteiger partial charge in [0.05, 0.1) is 5.60 Å². The highest BCUT2D eigenvalue weighted by molar-refractivity contribution is 5.84. The van der Waals surface area contributed by atoms with Crippen LogP contribution in [0, 0.1) is 10.8 Å². The van der Waals surface area contributed by atoms with Crippen molar-refractivity contribution in [2.45, 2.75) is 60.0 Å². The SMILES string of the molecule is C=CC(N)=O.CC(C)(C)C1=C(CCN)C=CC(O)(C(C)(C)C)C1. The zero-order valence-corrected chi connectivity index (χ0v) is 15.6. The van der Waals surface area contributed by atoms with Crippen molar-refractivity contribution < 1.29 is 9.90 Å². The molecule has 0 aromatic heterocycles. The number of aliphatic hydroxyl groups is 1. The minimum absolute atomic E-state index is 0.0779. The van der Waals surface area contributed by atoms with Gasteiger partial charge in [0, 0.05) is 6.42 Å². The molecule has 1 aliphatic carbocycles. The second-order valence-corrected chi connectivity index (χ2v) is 8.08. The average Bonchev–Trinajstić information content (AvgIpc) is 2.39. The van der Waals surface area contributed by atoms with Gasteiger partial charge in [-0.25, -0.2) is 0 Å². The highest BCUT2D eigenvalue weighted by Gasteiger charge is 2.42. The van der Waals surface area contributed by atoms with Gasteiger partial charge in [-0.05, 0) is 35.4 Å². The third-order valence-electron chi connectivity index (χ3n) is 4.21. The van der Waals surface area contributed by atoms with Gasteiger partial charge in [-0.3, -0.25) is 4.79 Å². The fraction of sp³-hybridized carbons (Fsp3) is 0.632. The molecule has 0 saturated heterocycles. The molecule has 1 amide bonds. The number of amides is 1. The van der Waals surface area contributed by atoms with Gasteiger partial charge < -0.3 is 16.6 Å². The first kappa shape index (κ1) is 21.6. The zero-order valence-electron chi connectivity index (χ0n) is 15.6. The van der Waals surface area contributed by atoms with Gasteiger partial charge in [-0.15, -0.1) is 0 Å². The standard InChI is InChI=1S/C16H29NO.C3H5NO/c1-14(2,3)13-11-16(18,15(4,5)6)9-7-12(13)8-10-17;1-2-3(4)5/h7,9,18H,8,10-11,17H2,1-6H3;2H,1H2,(H2,4,5). The predicted molar refractivity (Wildman–Crippen MR) is 97.7 cm³/mol. The Morgan fingerprint density at radius 3 is 2.13 bits per heavy atom. The lowest BCUT2D eigenvalue weighted by atomic mass is 9.65. The third kappa shape index (κ3) is 6.32. The average molecular weight is 322 g/mol. The van der Waals surface area contributed by atoms with E-state index < -0.39 is 11.5 Å². The quantitative estimate of drug-likeness (QED) is 0.698. The summed E-state index contributed by atoms with van der Waals surface area (Å²) in [5.41, 5.74) is 12.0. The molecule has 23 heavy (non-hydrogen) atoms. The summed E-state index contributed by atoms with van der Waals surface area (Å²) in [4.78, 5) is 9.47. The van der Waals surface area contributed by atoms with E-state index >= 15 is 0 Å². The summed E-state index contributed by atoms with van der Waals surface area (Å²) in [7, 11) is 0. The monoisotopic (exact) mass is 322 g/mol. The van der Waals surface area contributed by atoms with Crippen molar-refractivity contribution in [2.75, 3.05) is 6.54 Å². The summed E-state index contributed by atoms with van der Waals surface area (Å²) < 4.78 is 0. The van der Waals surface area contributed by atoms with E-state index in [-0.39, 0.29) is 10.8 Å². The summed E-state index contributed by atoms with van der Waals surface area (Å²) >= 11 is 0. The molecule has 0 aromatic carbocycles. The minimum atomic E-state index is -0.756. The smallest absolute Gasteiger partial charge is 0.240 e. The normalized spacial score (nSPS) is 21.6. The molecule has 0 spiro atoms. The van der Waals surface area contributed by atoms with Crippen molar-refractivity contribution in [3.63, 3.8) is 0 Å². The number of hydrogen-bond donors (Lipinski definition) is 3. The zero-order chi connectivity index (χ0) is 18.5. The van der Waals surface area contributed by atoms with Gasteiger partial charge in [0.2, 0.25) is 5.91 Å². The second-order valence-electron chi connectivity index (χ2n) is 8.08. The fourth-order valence-corrected chi connectivity index (χ4v) is 2.43. The van der Waals surface area contributed by atoms with Crippen molar-refractivity contribution in [2.24, 2.45) is 22.3 Å². The van der Waals surface area contributed by atoms with Crippen LogP contribution in [0.5, 0.6) is 0 Å². The van der Waals surface area contributed by atoms with Crippen LogP contribution in [0.3, 0.4) is 0 Å². The van der Waals surface area contributed by atoms with Crippen molar-refractivity contribution in [1.82, 2.24) is 0 Å². The maximum Gasteiger partial charge on any atom is 0.240 e. The number of allylic oxidation sites excluding steroid dienone is 1. The summed E-state index contributed by atoms with van der Waals surface area (Å²) in [6.45, 7) is 16.6. The summed E-state index contributed by atoms with van der Waals surface area (Å²) in [5, 5.41) is 10.9. The van der Waals surface area contributed by atoms with E-state index in [1.807, 2.05) is 6.08 Å². The lowest BCUT2D eigenvalue weighted by Crippen LogP contribution is -2.44. The highest BCUT2D eigenvalue weighted by atomic mass is 16.3. The Hall–Kier alpha value is -1.39. The third-order valence-corrected chi connectivity index (χ3v) is 4.21.